The third-order valence-corrected chi connectivity index (χ3v) is 2.88. The molecule has 0 aliphatic heterocycles. The summed E-state index contributed by atoms with van der Waals surface area (Å²) < 4.78 is 39.5. The predicted molar refractivity (Wildman–Crippen MR) is 68.3 cm³/mol. The van der Waals surface area contributed by atoms with E-state index in [4.69, 9.17) is 5.73 Å². The number of halogens is 3. The second-order valence-electron chi connectivity index (χ2n) is 4.72. The Balaban J connectivity index is 2.52. The highest BCUT2D eigenvalue weighted by atomic mass is 19.4. The minimum absolute atomic E-state index is 0.0946. The molecule has 0 unspecified atom stereocenters. The zero-order chi connectivity index (χ0) is 14.9. The topological polar surface area (TPSA) is 56.7 Å². The van der Waals surface area contributed by atoms with Crippen LogP contribution in [0.5, 0.6) is 0 Å². The van der Waals surface area contributed by atoms with Crippen molar-refractivity contribution in [1.29, 1.82) is 0 Å². The van der Waals surface area contributed by atoms with E-state index in [1.165, 1.54) is 10.7 Å². The Hall–Kier alpha value is -1.89. The van der Waals surface area contributed by atoms with Crippen LogP contribution >= 0.6 is 0 Å². The normalized spacial score (nSPS) is 12.2. The Kier molecular flexibility index (Phi) is 3.80. The van der Waals surface area contributed by atoms with Crippen LogP contribution in [0, 0.1) is 0 Å². The fourth-order valence-corrected chi connectivity index (χ4v) is 1.76. The molecule has 0 fully saturated rings. The minimum Gasteiger partial charge on any atom is -0.326 e. The lowest BCUT2D eigenvalue weighted by molar-refractivity contribution is -0.141. The molecule has 0 atom stereocenters. The van der Waals surface area contributed by atoms with Crippen molar-refractivity contribution < 1.29 is 13.2 Å². The van der Waals surface area contributed by atoms with E-state index in [-0.39, 0.29) is 18.3 Å². The van der Waals surface area contributed by atoms with E-state index in [2.05, 4.69) is 10.1 Å². The van der Waals surface area contributed by atoms with Gasteiger partial charge in [-0.1, -0.05) is 19.9 Å². The first-order valence-electron chi connectivity index (χ1n) is 6.16. The smallest absolute Gasteiger partial charge is 0.326 e. The van der Waals surface area contributed by atoms with Crippen molar-refractivity contribution in [2.24, 2.45) is 5.73 Å². The summed E-state index contributed by atoms with van der Waals surface area (Å²) in [6.45, 7) is 4.00. The third kappa shape index (κ3) is 2.82. The van der Waals surface area contributed by atoms with Gasteiger partial charge in [0.25, 0.3) is 0 Å². The van der Waals surface area contributed by atoms with Crippen molar-refractivity contribution in [3.8, 4) is 5.82 Å². The standard InChI is InChI=1S/C13H15F3N4/c1-8(2)10-5-6-20(19-10)12-9(7-17)3-4-11(18-12)13(14,15)16/h3-6,8H,7,17H2,1-2H3. The molecule has 0 radical (unpaired) electrons. The zero-order valence-corrected chi connectivity index (χ0v) is 11.1. The second-order valence-corrected chi connectivity index (χ2v) is 4.72. The lowest BCUT2D eigenvalue weighted by atomic mass is 10.1. The largest absolute Gasteiger partial charge is 0.433 e. The second kappa shape index (κ2) is 5.24. The van der Waals surface area contributed by atoms with E-state index < -0.39 is 11.9 Å². The molecular formula is C13H15F3N4. The molecule has 4 nitrogen and oxygen atoms in total. The molecule has 0 spiro atoms. The summed E-state index contributed by atoms with van der Waals surface area (Å²) in [5.41, 5.74) is 5.89. The molecule has 0 bridgehead atoms. The number of rotatable bonds is 3. The Morgan fingerprint density at radius 3 is 2.45 bits per heavy atom. The summed E-state index contributed by atoms with van der Waals surface area (Å²) >= 11 is 0. The van der Waals surface area contributed by atoms with Crippen LogP contribution in [0.3, 0.4) is 0 Å². The molecule has 2 rings (SSSR count). The first-order valence-corrected chi connectivity index (χ1v) is 6.16. The van der Waals surface area contributed by atoms with Crippen LogP contribution in [0.15, 0.2) is 24.4 Å². The average Bonchev–Trinajstić information content (AvgIpc) is 2.86. The molecule has 7 heteroatoms. The van der Waals surface area contributed by atoms with E-state index >= 15 is 0 Å². The lowest BCUT2D eigenvalue weighted by Crippen LogP contribution is -2.14. The Morgan fingerprint density at radius 2 is 1.95 bits per heavy atom. The summed E-state index contributed by atoms with van der Waals surface area (Å²) in [4.78, 5) is 3.65. The van der Waals surface area contributed by atoms with E-state index in [1.807, 2.05) is 13.8 Å². The molecule has 0 aromatic carbocycles. The van der Waals surface area contributed by atoms with Crippen molar-refractivity contribution in [3.05, 3.63) is 41.3 Å². The number of pyridine rings is 1. The predicted octanol–water partition coefficient (Wildman–Crippen LogP) is 2.87. The fraction of sp³-hybridized carbons (Fsp3) is 0.385. The summed E-state index contributed by atoms with van der Waals surface area (Å²) in [6, 6.07) is 4.02. The number of hydrogen-bond donors (Lipinski definition) is 1. The molecule has 0 aliphatic rings. The van der Waals surface area contributed by atoms with Crippen LogP contribution in [0.2, 0.25) is 0 Å². The third-order valence-electron chi connectivity index (χ3n) is 2.88. The highest BCUT2D eigenvalue weighted by Crippen LogP contribution is 2.29. The highest BCUT2D eigenvalue weighted by Gasteiger charge is 2.33. The highest BCUT2D eigenvalue weighted by molar-refractivity contribution is 5.35. The maximum Gasteiger partial charge on any atom is 0.433 e. The zero-order valence-electron chi connectivity index (χ0n) is 11.1. The van der Waals surface area contributed by atoms with Crippen molar-refractivity contribution in [2.75, 3.05) is 0 Å². The van der Waals surface area contributed by atoms with Crippen molar-refractivity contribution >= 4 is 0 Å². The molecule has 0 saturated heterocycles. The van der Waals surface area contributed by atoms with E-state index in [9.17, 15) is 13.2 Å². The van der Waals surface area contributed by atoms with Crippen LogP contribution in [0.1, 0.15) is 36.7 Å². The quantitative estimate of drug-likeness (QED) is 0.943. The number of nitrogens with zero attached hydrogens (tertiary/aromatic N) is 3. The molecule has 2 heterocycles. The average molecular weight is 284 g/mol. The summed E-state index contributed by atoms with van der Waals surface area (Å²) in [5, 5.41) is 4.24. The van der Waals surface area contributed by atoms with Crippen LogP contribution in [0.4, 0.5) is 13.2 Å². The number of hydrogen-bond acceptors (Lipinski definition) is 3. The van der Waals surface area contributed by atoms with Gasteiger partial charge in [-0.2, -0.15) is 18.3 Å². The number of alkyl halides is 3. The lowest BCUT2D eigenvalue weighted by Gasteiger charge is -2.11. The number of nitrogens with two attached hydrogens (primary N) is 1. The van der Waals surface area contributed by atoms with E-state index in [0.717, 1.165) is 11.8 Å². The van der Waals surface area contributed by atoms with Crippen LogP contribution in [-0.4, -0.2) is 14.8 Å². The van der Waals surface area contributed by atoms with Gasteiger partial charge >= 0.3 is 6.18 Å². The van der Waals surface area contributed by atoms with Gasteiger partial charge in [-0.15, -0.1) is 0 Å². The summed E-state index contributed by atoms with van der Waals surface area (Å²) in [6.07, 6.45) is -2.90. The van der Waals surface area contributed by atoms with Crippen LogP contribution in [-0.2, 0) is 12.7 Å². The molecular weight excluding hydrogens is 269 g/mol. The molecule has 20 heavy (non-hydrogen) atoms. The minimum atomic E-state index is -4.49. The maximum absolute atomic E-state index is 12.7. The summed E-state index contributed by atoms with van der Waals surface area (Å²) in [5.74, 6) is 0.303. The van der Waals surface area contributed by atoms with Gasteiger partial charge in [0.2, 0.25) is 0 Å². The van der Waals surface area contributed by atoms with Gasteiger partial charge in [0.05, 0.1) is 5.69 Å². The summed E-state index contributed by atoms with van der Waals surface area (Å²) in [7, 11) is 0. The van der Waals surface area contributed by atoms with Gasteiger partial charge in [-0.3, -0.25) is 0 Å². The monoisotopic (exact) mass is 284 g/mol. The Bertz CT molecular complexity index is 602. The number of aromatic nitrogens is 3. The Labute approximate surface area is 114 Å². The van der Waals surface area contributed by atoms with Gasteiger partial charge < -0.3 is 5.73 Å². The molecule has 0 aliphatic carbocycles. The van der Waals surface area contributed by atoms with E-state index in [0.29, 0.717) is 5.56 Å². The maximum atomic E-state index is 12.7. The molecule has 0 amide bonds. The van der Waals surface area contributed by atoms with Gasteiger partial charge in [0.1, 0.15) is 5.69 Å². The molecule has 2 aromatic rings. The molecule has 2 aromatic heterocycles. The van der Waals surface area contributed by atoms with Crippen LogP contribution < -0.4 is 5.73 Å². The SMILES string of the molecule is CC(C)c1ccn(-c2nc(C(F)(F)F)ccc2CN)n1. The Morgan fingerprint density at radius 1 is 1.25 bits per heavy atom. The van der Waals surface area contributed by atoms with E-state index in [1.54, 1.807) is 12.3 Å². The van der Waals surface area contributed by atoms with Gasteiger partial charge in [0, 0.05) is 18.3 Å². The van der Waals surface area contributed by atoms with Crippen molar-refractivity contribution in [2.45, 2.75) is 32.5 Å². The fourth-order valence-electron chi connectivity index (χ4n) is 1.76. The van der Waals surface area contributed by atoms with Gasteiger partial charge in [-0.25, -0.2) is 9.67 Å². The first kappa shape index (κ1) is 14.5. The van der Waals surface area contributed by atoms with Gasteiger partial charge in [-0.05, 0) is 18.1 Å². The van der Waals surface area contributed by atoms with Crippen molar-refractivity contribution in [1.82, 2.24) is 14.8 Å². The first-order chi connectivity index (χ1) is 9.32. The van der Waals surface area contributed by atoms with Crippen molar-refractivity contribution in [3.63, 3.8) is 0 Å². The van der Waals surface area contributed by atoms with Crippen LogP contribution in [0.25, 0.3) is 5.82 Å². The molecule has 2 N–H and O–H groups in total. The molecule has 0 saturated carbocycles. The van der Waals surface area contributed by atoms with Gasteiger partial charge in [0.15, 0.2) is 5.82 Å². The molecule has 108 valence electrons.